The molecule has 3 heterocycles. The van der Waals surface area contributed by atoms with E-state index in [1.54, 1.807) is 11.4 Å². The third-order valence-corrected chi connectivity index (χ3v) is 8.76. The predicted molar refractivity (Wildman–Crippen MR) is 117 cm³/mol. The van der Waals surface area contributed by atoms with Crippen LogP contribution in [0.1, 0.15) is 22.5 Å². The van der Waals surface area contributed by atoms with Crippen LogP contribution in [-0.4, -0.2) is 45.4 Å². The van der Waals surface area contributed by atoms with E-state index in [0.717, 1.165) is 20.7 Å². The molecular weight excluding hydrogens is 406 g/mol. The van der Waals surface area contributed by atoms with Crippen molar-refractivity contribution < 1.29 is 13.2 Å². The number of piperidine rings is 1. The highest BCUT2D eigenvalue weighted by Gasteiger charge is 2.43. The number of anilines is 2. The Bertz CT molecular complexity index is 1160. The van der Waals surface area contributed by atoms with Gasteiger partial charge >= 0.3 is 10.2 Å². The fraction of sp³-hybridized carbons (Fsp3) is 0.286. The van der Waals surface area contributed by atoms with Gasteiger partial charge in [-0.2, -0.15) is 8.42 Å². The highest BCUT2D eigenvalue weighted by Crippen LogP contribution is 2.42. The van der Waals surface area contributed by atoms with Crippen molar-refractivity contribution in [3.8, 4) is 0 Å². The van der Waals surface area contributed by atoms with Gasteiger partial charge in [-0.25, -0.2) is 4.31 Å². The maximum Gasteiger partial charge on any atom is 0.326 e. The van der Waals surface area contributed by atoms with Crippen LogP contribution in [0.25, 0.3) is 10.1 Å². The largest absolute Gasteiger partial charge is 0.338 e. The molecular formula is C21H21N3O3S2. The minimum absolute atomic E-state index is 0.0337. The first-order valence-electron chi connectivity index (χ1n) is 9.62. The molecule has 0 spiro atoms. The lowest BCUT2D eigenvalue weighted by Crippen LogP contribution is -2.49. The molecule has 0 radical (unpaired) electrons. The summed E-state index contributed by atoms with van der Waals surface area (Å²) >= 11 is 1.51. The van der Waals surface area contributed by atoms with Crippen LogP contribution in [0.15, 0.2) is 54.6 Å². The molecule has 0 bridgehead atoms. The van der Waals surface area contributed by atoms with Crippen molar-refractivity contribution in [3.63, 3.8) is 0 Å². The number of benzene rings is 2. The van der Waals surface area contributed by atoms with Crippen LogP contribution in [0.4, 0.5) is 11.4 Å². The van der Waals surface area contributed by atoms with E-state index in [4.69, 9.17) is 0 Å². The molecule has 0 atom stereocenters. The molecule has 0 unspecified atom stereocenters. The molecule has 150 valence electrons. The molecule has 29 heavy (non-hydrogen) atoms. The summed E-state index contributed by atoms with van der Waals surface area (Å²) in [4.78, 5) is 15.6. The van der Waals surface area contributed by atoms with Gasteiger partial charge in [0, 0.05) is 24.8 Å². The predicted octanol–water partition coefficient (Wildman–Crippen LogP) is 3.71. The summed E-state index contributed by atoms with van der Waals surface area (Å²) in [7, 11) is -1.97. The van der Waals surface area contributed by atoms with E-state index in [-0.39, 0.29) is 11.9 Å². The van der Waals surface area contributed by atoms with Crippen molar-refractivity contribution in [2.45, 2.75) is 18.9 Å². The smallest absolute Gasteiger partial charge is 0.326 e. The number of thiophene rings is 1. The Kier molecular flexibility index (Phi) is 4.29. The second-order valence-corrected chi connectivity index (χ2v) is 10.4. The molecule has 8 heteroatoms. The maximum absolute atomic E-state index is 13.0. The van der Waals surface area contributed by atoms with Gasteiger partial charge in [-0.05, 0) is 42.5 Å². The summed E-state index contributed by atoms with van der Waals surface area (Å²) in [5.41, 5.74) is 1.43. The van der Waals surface area contributed by atoms with E-state index in [1.165, 1.54) is 15.6 Å². The van der Waals surface area contributed by atoms with E-state index in [0.29, 0.717) is 31.6 Å². The highest BCUT2D eigenvalue weighted by molar-refractivity contribution is 7.94. The Morgan fingerprint density at radius 3 is 2.38 bits per heavy atom. The number of carbonyl (C=O) groups is 1. The number of nitrogens with zero attached hydrogens (tertiary/aromatic N) is 3. The van der Waals surface area contributed by atoms with Crippen LogP contribution in [0.2, 0.25) is 0 Å². The van der Waals surface area contributed by atoms with Crippen molar-refractivity contribution in [1.82, 2.24) is 4.90 Å². The fourth-order valence-electron chi connectivity index (χ4n) is 4.23. The van der Waals surface area contributed by atoms with Crippen LogP contribution in [-0.2, 0) is 10.2 Å². The number of rotatable bonds is 2. The molecule has 2 aliphatic heterocycles. The van der Waals surface area contributed by atoms with E-state index >= 15 is 0 Å². The average molecular weight is 428 g/mol. The topological polar surface area (TPSA) is 60.9 Å². The normalized spacial score (nSPS) is 19.0. The van der Waals surface area contributed by atoms with Crippen LogP contribution < -0.4 is 8.61 Å². The molecule has 2 aliphatic rings. The van der Waals surface area contributed by atoms with Gasteiger partial charge in [0.2, 0.25) is 0 Å². The van der Waals surface area contributed by atoms with Crippen LogP contribution in [0.3, 0.4) is 0 Å². The lowest BCUT2D eigenvalue weighted by atomic mass is 10.0. The van der Waals surface area contributed by atoms with E-state index < -0.39 is 10.2 Å². The number of para-hydroxylation sites is 2. The quantitative estimate of drug-likeness (QED) is 0.626. The summed E-state index contributed by atoms with van der Waals surface area (Å²) in [5.74, 6) is 0.0337. The van der Waals surface area contributed by atoms with Crippen molar-refractivity contribution in [2.24, 2.45) is 0 Å². The molecule has 0 aliphatic carbocycles. The second kappa shape index (κ2) is 6.74. The number of hydrogen-bond acceptors (Lipinski definition) is 4. The van der Waals surface area contributed by atoms with Gasteiger partial charge in [0.25, 0.3) is 5.91 Å². The maximum atomic E-state index is 13.0. The number of likely N-dealkylation sites (tertiary alicyclic amines) is 1. The van der Waals surface area contributed by atoms with Crippen molar-refractivity contribution in [1.29, 1.82) is 0 Å². The Morgan fingerprint density at radius 1 is 1.00 bits per heavy atom. The standard InChI is InChI=1S/C21H21N3O3S2/c1-22-17-7-3-4-8-18(17)24(29(22,26)27)16-10-12-23(13-11-16)21(25)20-14-15-6-2-5-9-19(15)28-20/h2-9,14,16H,10-13H2,1H3. The summed E-state index contributed by atoms with van der Waals surface area (Å²) in [5, 5.41) is 1.08. The van der Waals surface area contributed by atoms with Gasteiger partial charge in [-0.15, -0.1) is 11.3 Å². The molecule has 1 saturated heterocycles. The zero-order valence-corrected chi connectivity index (χ0v) is 17.6. The number of fused-ring (bicyclic) bond motifs is 2. The van der Waals surface area contributed by atoms with Gasteiger partial charge in [-0.1, -0.05) is 30.3 Å². The summed E-state index contributed by atoms with van der Waals surface area (Å²) in [6, 6.07) is 17.2. The molecule has 6 nitrogen and oxygen atoms in total. The molecule has 1 amide bonds. The minimum Gasteiger partial charge on any atom is -0.338 e. The summed E-state index contributed by atoms with van der Waals surface area (Å²) in [6.45, 7) is 1.10. The Hall–Kier alpha value is -2.58. The number of amides is 1. The molecule has 1 aromatic heterocycles. The SMILES string of the molecule is CN1c2ccccc2N(C2CCN(C(=O)c3cc4ccccc4s3)CC2)S1(=O)=O. The molecule has 3 aromatic rings. The van der Waals surface area contributed by atoms with Crippen molar-refractivity contribution in [3.05, 3.63) is 59.5 Å². The van der Waals surface area contributed by atoms with Gasteiger partial charge in [0.1, 0.15) is 0 Å². The first-order valence-corrected chi connectivity index (χ1v) is 11.8. The third kappa shape index (κ3) is 2.89. The Morgan fingerprint density at radius 2 is 1.66 bits per heavy atom. The van der Waals surface area contributed by atoms with Gasteiger partial charge in [0.15, 0.2) is 0 Å². The highest BCUT2D eigenvalue weighted by atomic mass is 32.2. The minimum atomic E-state index is -3.57. The number of hydrogen-bond donors (Lipinski definition) is 0. The van der Waals surface area contributed by atoms with E-state index in [9.17, 15) is 13.2 Å². The Balaban J connectivity index is 1.34. The lowest BCUT2D eigenvalue weighted by molar-refractivity contribution is 0.0721. The van der Waals surface area contributed by atoms with Crippen LogP contribution in [0.5, 0.6) is 0 Å². The molecule has 2 aromatic carbocycles. The summed E-state index contributed by atoms with van der Waals surface area (Å²) in [6.07, 6.45) is 1.25. The fourth-order valence-corrected chi connectivity index (χ4v) is 6.92. The first kappa shape index (κ1) is 18.4. The van der Waals surface area contributed by atoms with E-state index in [2.05, 4.69) is 0 Å². The van der Waals surface area contributed by atoms with Gasteiger partial charge in [-0.3, -0.25) is 9.10 Å². The molecule has 0 N–H and O–H groups in total. The Labute approximate surface area is 174 Å². The van der Waals surface area contributed by atoms with Gasteiger partial charge in [0.05, 0.1) is 22.3 Å². The monoisotopic (exact) mass is 427 g/mol. The zero-order chi connectivity index (χ0) is 20.2. The number of carbonyl (C=O) groups excluding carboxylic acids is 1. The molecule has 5 rings (SSSR count). The van der Waals surface area contributed by atoms with Crippen molar-refractivity contribution >= 4 is 48.9 Å². The molecule has 1 fully saturated rings. The second-order valence-electron chi connectivity index (χ2n) is 7.43. The first-order chi connectivity index (χ1) is 14.0. The molecule has 0 saturated carbocycles. The van der Waals surface area contributed by atoms with E-state index in [1.807, 2.05) is 59.5 Å². The average Bonchev–Trinajstić information content (AvgIpc) is 3.25. The lowest BCUT2D eigenvalue weighted by Gasteiger charge is -2.36. The third-order valence-electron chi connectivity index (χ3n) is 5.77. The van der Waals surface area contributed by atoms with Crippen molar-refractivity contribution in [2.75, 3.05) is 28.7 Å². The summed E-state index contributed by atoms with van der Waals surface area (Å²) < 4.78 is 29.9. The van der Waals surface area contributed by atoms with Crippen LogP contribution >= 0.6 is 11.3 Å². The zero-order valence-electron chi connectivity index (χ0n) is 16.0. The van der Waals surface area contributed by atoms with Gasteiger partial charge < -0.3 is 4.90 Å². The van der Waals surface area contributed by atoms with Crippen LogP contribution in [0, 0.1) is 0 Å².